The zero-order valence-electron chi connectivity index (χ0n) is 29.3. The Morgan fingerprint density at radius 3 is 2.56 bits per heavy atom. The van der Waals surface area contributed by atoms with E-state index in [1.165, 1.54) is 6.92 Å². The molecule has 6 bridgehead atoms. The molecule has 0 saturated heterocycles. The Kier molecular flexibility index (Phi) is 12.0. The Balaban J connectivity index is 1.35. The van der Waals surface area contributed by atoms with E-state index in [0.29, 0.717) is 24.3 Å². The second-order valence-corrected chi connectivity index (χ2v) is 14.5. The van der Waals surface area contributed by atoms with Crippen LogP contribution in [0.1, 0.15) is 97.6 Å². The molecule has 0 saturated carbocycles. The van der Waals surface area contributed by atoms with Crippen molar-refractivity contribution >= 4 is 23.9 Å². The Bertz CT molecular complexity index is 1380. The molecule has 1 aromatic rings. The number of benzene rings is 1. The Morgan fingerprint density at radius 1 is 1.12 bits per heavy atom. The minimum absolute atomic E-state index is 0.0182. The minimum atomic E-state index is -1.24. The van der Waals surface area contributed by atoms with Gasteiger partial charge < -0.3 is 39.4 Å². The van der Waals surface area contributed by atoms with Crippen LogP contribution in [0.3, 0.4) is 0 Å². The Morgan fingerprint density at radius 2 is 1.88 bits per heavy atom. The first kappa shape index (κ1) is 37.0. The zero-order valence-corrected chi connectivity index (χ0v) is 29.3. The number of carbonyl (C=O) groups is 4. The molecule has 0 radical (unpaired) electrons. The van der Waals surface area contributed by atoms with Gasteiger partial charge in [0.2, 0.25) is 5.91 Å². The van der Waals surface area contributed by atoms with Crippen LogP contribution in [0, 0.1) is 11.8 Å². The van der Waals surface area contributed by atoms with E-state index in [1.54, 1.807) is 34.0 Å². The number of ether oxygens (including phenoxy) is 5. The Hall–Kier alpha value is -3.80. The van der Waals surface area contributed by atoms with Crippen LogP contribution in [0.4, 0.5) is 4.79 Å². The molecule has 1 heterocycles. The molecule has 5 atom stereocenters. The van der Waals surface area contributed by atoms with Crippen molar-refractivity contribution in [2.45, 2.75) is 129 Å². The number of esters is 2. The van der Waals surface area contributed by atoms with E-state index in [-0.39, 0.29) is 37.0 Å². The number of alkyl carbamates (subject to hydrolysis) is 1. The maximum Gasteiger partial charge on any atom is 0.408 e. The highest BCUT2D eigenvalue weighted by atomic mass is 16.6. The van der Waals surface area contributed by atoms with Gasteiger partial charge in [0.15, 0.2) is 23.7 Å². The average Bonchev–Trinajstić information content (AvgIpc) is 2.98. The first-order valence-electron chi connectivity index (χ1n) is 17.0. The van der Waals surface area contributed by atoms with Crippen molar-refractivity contribution in [3.8, 4) is 11.5 Å². The summed E-state index contributed by atoms with van der Waals surface area (Å²) in [5.74, 6) is -0.389. The van der Waals surface area contributed by atoms with Crippen molar-refractivity contribution in [3.05, 3.63) is 35.1 Å². The largest absolute Gasteiger partial charge is 0.493 e. The van der Waals surface area contributed by atoms with E-state index in [0.717, 1.165) is 43.2 Å². The second-order valence-electron chi connectivity index (χ2n) is 14.5. The first-order valence-corrected chi connectivity index (χ1v) is 17.0. The highest BCUT2D eigenvalue weighted by molar-refractivity contribution is 5.86. The van der Waals surface area contributed by atoms with Gasteiger partial charge in [0.25, 0.3) is 0 Å². The van der Waals surface area contributed by atoms with Gasteiger partial charge in [0, 0.05) is 18.5 Å². The molecule has 12 nitrogen and oxygen atoms in total. The summed E-state index contributed by atoms with van der Waals surface area (Å²) in [5, 5.41) is 17.1. The molecule has 1 aliphatic heterocycles. The smallest absolute Gasteiger partial charge is 0.408 e. The van der Waals surface area contributed by atoms with E-state index >= 15 is 0 Å². The van der Waals surface area contributed by atoms with Crippen LogP contribution in [0.15, 0.2) is 24.0 Å². The molecule has 12 heteroatoms. The lowest BCUT2D eigenvalue weighted by molar-refractivity contribution is -0.165. The summed E-state index contributed by atoms with van der Waals surface area (Å²) < 4.78 is 28.5. The van der Waals surface area contributed by atoms with Gasteiger partial charge in [-0.15, -0.1) is 0 Å². The molecule has 2 amide bonds. The number of rotatable bonds is 11. The fourth-order valence-electron chi connectivity index (χ4n) is 6.58. The molecule has 2 aliphatic carbocycles. The molecular weight excluding hydrogens is 620 g/mol. The van der Waals surface area contributed by atoms with Crippen LogP contribution in [-0.4, -0.2) is 72.2 Å². The molecule has 3 aliphatic rings. The summed E-state index contributed by atoms with van der Waals surface area (Å²) in [6, 6.07) is 3.09. The zero-order chi connectivity index (χ0) is 35.2. The van der Waals surface area contributed by atoms with E-state index in [1.807, 2.05) is 19.9 Å². The minimum Gasteiger partial charge on any atom is -0.493 e. The molecule has 266 valence electrons. The molecule has 0 aromatic heterocycles. The van der Waals surface area contributed by atoms with Crippen molar-refractivity contribution in [3.63, 3.8) is 0 Å². The summed E-state index contributed by atoms with van der Waals surface area (Å²) in [6.45, 7) is 10.4. The average molecular weight is 673 g/mol. The van der Waals surface area contributed by atoms with Crippen molar-refractivity contribution in [2.24, 2.45) is 11.8 Å². The molecule has 48 heavy (non-hydrogen) atoms. The molecular formula is C36H52N2O10. The fourth-order valence-corrected chi connectivity index (χ4v) is 6.58. The van der Waals surface area contributed by atoms with Crippen LogP contribution in [-0.2, 0) is 41.4 Å². The monoisotopic (exact) mass is 672 g/mol. The quantitative estimate of drug-likeness (QED) is 0.223. The third-order valence-corrected chi connectivity index (χ3v) is 8.97. The predicted octanol–water partition coefficient (Wildman–Crippen LogP) is 4.67. The lowest BCUT2D eigenvalue weighted by Crippen LogP contribution is -2.49. The first-order chi connectivity index (χ1) is 22.6. The van der Waals surface area contributed by atoms with Gasteiger partial charge in [-0.1, -0.05) is 26.3 Å². The van der Waals surface area contributed by atoms with Crippen molar-refractivity contribution < 1.29 is 48.0 Å². The maximum atomic E-state index is 13.1. The van der Waals surface area contributed by atoms with Gasteiger partial charge in [-0.25, -0.2) is 9.59 Å². The van der Waals surface area contributed by atoms with Gasteiger partial charge in [-0.05, 0) is 95.8 Å². The maximum absolute atomic E-state index is 13.1. The number of carbonyl (C=O) groups excluding carboxylic acids is 4. The van der Waals surface area contributed by atoms with Gasteiger partial charge >= 0.3 is 18.0 Å². The number of methoxy groups -OCH3 is 1. The summed E-state index contributed by atoms with van der Waals surface area (Å²) in [7, 11) is 1.58. The third kappa shape index (κ3) is 9.64. The summed E-state index contributed by atoms with van der Waals surface area (Å²) in [6.07, 6.45) is 4.13. The topological polar surface area (TPSA) is 159 Å². The van der Waals surface area contributed by atoms with Gasteiger partial charge in [0.1, 0.15) is 17.4 Å². The second kappa shape index (κ2) is 15.6. The van der Waals surface area contributed by atoms with Crippen LogP contribution >= 0.6 is 0 Å². The summed E-state index contributed by atoms with van der Waals surface area (Å²) in [5.41, 5.74) is 0.448. The SMILES string of the molecule is COc1ccc2c3c1O[C@@H]1C[C@@](O)(CC=C1OC(=O)[C@H](C)OC(=O)CCNC(=O)[C@H](CC(C)C)NC(=O)OC(C)(C)C)[C@H](CCCC3)C2. The number of hydrogen-bond donors (Lipinski definition) is 3. The van der Waals surface area contributed by atoms with E-state index in [2.05, 4.69) is 16.7 Å². The van der Waals surface area contributed by atoms with Gasteiger partial charge in [-0.3, -0.25) is 9.59 Å². The van der Waals surface area contributed by atoms with Crippen LogP contribution in [0.5, 0.6) is 11.5 Å². The number of aliphatic hydroxyl groups is 1. The third-order valence-electron chi connectivity index (χ3n) is 8.97. The molecule has 1 aromatic carbocycles. The fraction of sp³-hybridized carbons (Fsp3) is 0.667. The Labute approximate surface area is 283 Å². The van der Waals surface area contributed by atoms with Crippen molar-refractivity contribution in [2.75, 3.05) is 13.7 Å². The molecule has 0 spiro atoms. The summed E-state index contributed by atoms with van der Waals surface area (Å²) >= 11 is 0. The molecule has 0 unspecified atom stereocenters. The predicted molar refractivity (Wildman–Crippen MR) is 176 cm³/mol. The van der Waals surface area contributed by atoms with Crippen LogP contribution in [0.2, 0.25) is 0 Å². The standard InChI is InChI=1S/C36H52N2O10/c1-21(2)18-26(38-34(42)48-35(4,5)6)32(40)37-17-15-30(39)45-22(3)33(41)47-27-14-16-36(43)20-29(27)46-31-25-11-9-8-10-24(36)19-23(25)12-13-28(31)44-7/h12-14,21-22,24,26,29,43H,8-11,15-20H2,1-7H3,(H,37,40)(H,38,42)/t22-,24+,26-,29+,36-/m0/s1. The van der Waals surface area contributed by atoms with E-state index in [9.17, 15) is 24.3 Å². The molecule has 4 rings (SSSR count). The van der Waals surface area contributed by atoms with Crippen LogP contribution < -0.4 is 20.1 Å². The van der Waals surface area contributed by atoms with Gasteiger partial charge in [0.05, 0.1) is 19.1 Å². The summed E-state index contributed by atoms with van der Waals surface area (Å²) in [4.78, 5) is 50.8. The van der Waals surface area contributed by atoms with Crippen LogP contribution in [0.25, 0.3) is 0 Å². The number of amides is 2. The van der Waals surface area contributed by atoms with Gasteiger partial charge in [-0.2, -0.15) is 0 Å². The lowest BCUT2D eigenvalue weighted by Gasteiger charge is -2.41. The lowest BCUT2D eigenvalue weighted by atomic mass is 9.71. The highest BCUT2D eigenvalue weighted by Crippen LogP contribution is 2.47. The van der Waals surface area contributed by atoms with Crippen molar-refractivity contribution in [1.29, 1.82) is 0 Å². The molecule has 3 N–H and O–H groups in total. The number of fused-ring (bicyclic) bond motifs is 4. The van der Waals surface area contributed by atoms with E-state index in [4.69, 9.17) is 23.7 Å². The normalized spacial score (nSPS) is 23.0. The number of nitrogens with one attached hydrogen (secondary N) is 2. The molecule has 0 fully saturated rings. The number of hydrogen-bond acceptors (Lipinski definition) is 10. The van der Waals surface area contributed by atoms with Crippen molar-refractivity contribution in [1.82, 2.24) is 10.6 Å². The highest BCUT2D eigenvalue weighted by Gasteiger charge is 2.46. The van der Waals surface area contributed by atoms with E-state index < -0.39 is 53.4 Å².